The molecule has 96 valence electrons. The predicted octanol–water partition coefficient (Wildman–Crippen LogP) is 2.63. The molecule has 0 bridgehead atoms. The van der Waals surface area contributed by atoms with E-state index in [-0.39, 0.29) is 6.61 Å². The highest BCUT2D eigenvalue weighted by Crippen LogP contribution is 2.21. The Balaban J connectivity index is 2.61. The monoisotopic (exact) mass is 300 g/mol. The molecular weight excluding hydrogens is 280 g/mol. The largest absolute Gasteiger partial charge is 0.398 e. The molecule has 0 amide bonds. The Morgan fingerprint density at radius 2 is 2.12 bits per heavy atom. The molecule has 0 heterocycles. The van der Waals surface area contributed by atoms with Crippen molar-refractivity contribution in [3.8, 4) is 0 Å². The normalized spacial score (nSPS) is 11.1. The summed E-state index contributed by atoms with van der Waals surface area (Å²) in [6.07, 6.45) is 2.33. The van der Waals surface area contributed by atoms with Crippen LogP contribution in [0, 0.1) is 0 Å². The highest BCUT2D eigenvalue weighted by molar-refractivity contribution is 9.10. The van der Waals surface area contributed by atoms with Gasteiger partial charge in [0.25, 0.3) is 0 Å². The second-order valence-electron chi connectivity index (χ2n) is 4.21. The Hall–Kier alpha value is -0.580. The van der Waals surface area contributed by atoms with Crippen LogP contribution in [0.15, 0.2) is 22.7 Å². The minimum atomic E-state index is 0.204. The number of anilines is 1. The minimum absolute atomic E-state index is 0.204. The number of hydrogen-bond acceptors (Lipinski definition) is 3. The van der Waals surface area contributed by atoms with Crippen LogP contribution in [0.5, 0.6) is 0 Å². The Morgan fingerprint density at radius 1 is 1.35 bits per heavy atom. The van der Waals surface area contributed by atoms with Gasteiger partial charge in [-0.1, -0.05) is 19.4 Å². The van der Waals surface area contributed by atoms with Gasteiger partial charge in [0, 0.05) is 23.2 Å². The first-order valence-corrected chi connectivity index (χ1v) is 6.83. The fourth-order valence-electron chi connectivity index (χ4n) is 1.74. The molecule has 0 spiro atoms. The zero-order chi connectivity index (χ0) is 12.7. The standard InChI is InChI=1S/C13H21BrN2O/c1-2-3-6-16(7-8-17)10-11-4-5-12(14)13(15)9-11/h4-5,9,17H,2-3,6-8,10,15H2,1H3. The van der Waals surface area contributed by atoms with E-state index < -0.39 is 0 Å². The van der Waals surface area contributed by atoms with Crippen molar-refractivity contribution in [3.63, 3.8) is 0 Å². The molecule has 0 saturated carbocycles. The van der Waals surface area contributed by atoms with Gasteiger partial charge in [-0.25, -0.2) is 0 Å². The zero-order valence-electron chi connectivity index (χ0n) is 10.3. The number of benzene rings is 1. The van der Waals surface area contributed by atoms with E-state index in [1.807, 2.05) is 12.1 Å². The maximum Gasteiger partial charge on any atom is 0.0558 e. The van der Waals surface area contributed by atoms with E-state index in [1.165, 1.54) is 12.0 Å². The lowest BCUT2D eigenvalue weighted by Gasteiger charge is -2.21. The fourth-order valence-corrected chi connectivity index (χ4v) is 1.99. The van der Waals surface area contributed by atoms with Crippen LogP contribution in [0.2, 0.25) is 0 Å². The van der Waals surface area contributed by atoms with Crippen molar-refractivity contribution in [2.75, 3.05) is 25.4 Å². The number of hydrogen-bond donors (Lipinski definition) is 2. The third kappa shape index (κ3) is 5.06. The quantitative estimate of drug-likeness (QED) is 0.761. The van der Waals surface area contributed by atoms with Crippen molar-refractivity contribution in [1.29, 1.82) is 0 Å². The maximum absolute atomic E-state index is 9.04. The van der Waals surface area contributed by atoms with Crippen LogP contribution in [-0.4, -0.2) is 29.7 Å². The second kappa shape index (κ2) is 7.69. The van der Waals surface area contributed by atoms with Crippen molar-refractivity contribution in [3.05, 3.63) is 28.2 Å². The van der Waals surface area contributed by atoms with E-state index in [0.717, 1.165) is 36.2 Å². The molecule has 3 nitrogen and oxygen atoms in total. The van der Waals surface area contributed by atoms with Gasteiger partial charge in [0.1, 0.15) is 0 Å². The van der Waals surface area contributed by atoms with E-state index in [1.54, 1.807) is 0 Å². The van der Waals surface area contributed by atoms with Gasteiger partial charge in [0.05, 0.1) is 6.61 Å². The van der Waals surface area contributed by atoms with Crippen molar-refractivity contribution >= 4 is 21.6 Å². The Labute approximate surface area is 112 Å². The van der Waals surface area contributed by atoms with Crippen molar-refractivity contribution in [2.45, 2.75) is 26.3 Å². The number of nitrogen functional groups attached to an aromatic ring is 1. The number of rotatable bonds is 7. The highest BCUT2D eigenvalue weighted by Gasteiger charge is 2.06. The Kier molecular flexibility index (Phi) is 6.55. The molecule has 0 unspecified atom stereocenters. The maximum atomic E-state index is 9.04. The summed E-state index contributed by atoms with van der Waals surface area (Å²) in [6.45, 7) is 4.96. The second-order valence-corrected chi connectivity index (χ2v) is 5.06. The lowest BCUT2D eigenvalue weighted by Crippen LogP contribution is -2.27. The highest BCUT2D eigenvalue weighted by atomic mass is 79.9. The van der Waals surface area contributed by atoms with Crippen LogP contribution in [0.25, 0.3) is 0 Å². The molecule has 0 saturated heterocycles. The van der Waals surface area contributed by atoms with Gasteiger partial charge in [-0.3, -0.25) is 4.90 Å². The van der Waals surface area contributed by atoms with Crippen LogP contribution < -0.4 is 5.73 Å². The van der Waals surface area contributed by atoms with Crippen LogP contribution in [0.4, 0.5) is 5.69 Å². The summed E-state index contributed by atoms with van der Waals surface area (Å²) in [5, 5.41) is 9.04. The molecule has 0 atom stereocenters. The summed E-state index contributed by atoms with van der Waals surface area (Å²) in [7, 11) is 0. The van der Waals surface area contributed by atoms with Gasteiger partial charge in [0.2, 0.25) is 0 Å². The zero-order valence-corrected chi connectivity index (χ0v) is 11.9. The third-order valence-electron chi connectivity index (χ3n) is 2.71. The molecule has 0 aromatic heterocycles. The molecule has 1 rings (SSSR count). The third-order valence-corrected chi connectivity index (χ3v) is 3.43. The minimum Gasteiger partial charge on any atom is -0.398 e. The van der Waals surface area contributed by atoms with Crippen molar-refractivity contribution in [1.82, 2.24) is 4.90 Å². The van der Waals surface area contributed by atoms with Crippen LogP contribution in [0.1, 0.15) is 25.3 Å². The lowest BCUT2D eigenvalue weighted by atomic mass is 10.2. The van der Waals surface area contributed by atoms with E-state index in [4.69, 9.17) is 10.8 Å². The summed E-state index contributed by atoms with van der Waals surface area (Å²) in [5.74, 6) is 0. The van der Waals surface area contributed by atoms with Gasteiger partial charge >= 0.3 is 0 Å². The number of aliphatic hydroxyl groups is 1. The van der Waals surface area contributed by atoms with E-state index in [0.29, 0.717) is 0 Å². The van der Waals surface area contributed by atoms with Gasteiger partial charge in [-0.2, -0.15) is 0 Å². The number of unbranched alkanes of at least 4 members (excludes halogenated alkanes) is 1. The van der Waals surface area contributed by atoms with Crippen LogP contribution in [-0.2, 0) is 6.54 Å². The van der Waals surface area contributed by atoms with Gasteiger partial charge in [-0.15, -0.1) is 0 Å². The van der Waals surface area contributed by atoms with Gasteiger partial charge in [-0.05, 0) is 46.6 Å². The molecule has 0 fully saturated rings. The summed E-state index contributed by atoms with van der Waals surface area (Å²) >= 11 is 3.39. The summed E-state index contributed by atoms with van der Waals surface area (Å²) in [5.41, 5.74) is 7.81. The molecule has 3 N–H and O–H groups in total. The first-order valence-electron chi connectivity index (χ1n) is 6.04. The van der Waals surface area contributed by atoms with Gasteiger partial charge in [0.15, 0.2) is 0 Å². The number of halogens is 1. The van der Waals surface area contributed by atoms with Crippen molar-refractivity contribution in [2.24, 2.45) is 0 Å². The Morgan fingerprint density at radius 3 is 2.71 bits per heavy atom. The SMILES string of the molecule is CCCCN(CCO)Cc1ccc(Br)c(N)c1. The average molecular weight is 301 g/mol. The number of nitrogens with zero attached hydrogens (tertiary/aromatic N) is 1. The Bertz CT molecular complexity index is 344. The molecule has 4 heteroatoms. The molecule has 0 aliphatic carbocycles. The predicted molar refractivity (Wildman–Crippen MR) is 75.8 cm³/mol. The molecule has 0 aliphatic rings. The van der Waals surface area contributed by atoms with Gasteiger partial charge < -0.3 is 10.8 Å². The van der Waals surface area contributed by atoms with E-state index >= 15 is 0 Å². The first-order chi connectivity index (χ1) is 8.17. The fraction of sp³-hybridized carbons (Fsp3) is 0.538. The molecule has 1 aromatic carbocycles. The van der Waals surface area contributed by atoms with E-state index in [2.05, 4.69) is 33.8 Å². The summed E-state index contributed by atoms with van der Waals surface area (Å²) in [4.78, 5) is 2.26. The topological polar surface area (TPSA) is 49.5 Å². The van der Waals surface area contributed by atoms with E-state index in [9.17, 15) is 0 Å². The first kappa shape index (κ1) is 14.5. The summed E-state index contributed by atoms with van der Waals surface area (Å²) < 4.78 is 0.934. The summed E-state index contributed by atoms with van der Waals surface area (Å²) in [6, 6.07) is 6.03. The number of aliphatic hydroxyl groups excluding tert-OH is 1. The van der Waals surface area contributed by atoms with Crippen LogP contribution >= 0.6 is 15.9 Å². The molecule has 0 aliphatic heterocycles. The molecular formula is C13H21BrN2O. The smallest absolute Gasteiger partial charge is 0.0558 e. The molecule has 1 aromatic rings. The molecule has 17 heavy (non-hydrogen) atoms. The van der Waals surface area contributed by atoms with Crippen LogP contribution in [0.3, 0.4) is 0 Å². The lowest BCUT2D eigenvalue weighted by molar-refractivity contribution is 0.188. The molecule has 0 radical (unpaired) electrons. The number of nitrogens with two attached hydrogens (primary N) is 1. The van der Waals surface area contributed by atoms with Crippen molar-refractivity contribution < 1.29 is 5.11 Å². The average Bonchev–Trinajstić information content (AvgIpc) is 2.31.